The normalized spacial score (nSPS) is 15.7. The summed E-state index contributed by atoms with van der Waals surface area (Å²) >= 11 is 0. The van der Waals surface area contributed by atoms with E-state index in [9.17, 15) is 0 Å². The highest BCUT2D eigenvalue weighted by Crippen LogP contribution is 2.19. The minimum absolute atomic E-state index is 0.722. The molecule has 0 spiro atoms. The van der Waals surface area contributed by atoms with Gasteiger partial charge >= 0.3 is 0 Å². The number of rotatable bonds is 6. The topological polar surface area (TPSA) is 37.8 Å². The fourth-order valence-electron chi connectivity index (χ4n) is 1.57. The molecule has 1 heterocycles. The largest absolute Gasteiger partial charge is 0.310 e. The SMILES string of the molecule is CC(C)CCc1ncc(CNC2CC2)cn1. The summed E-state index contributed by atoms with van der Waals surface area (Å²) in [6, 6.07) is 0.751. The molecule has 3 heteroatoms. The number of hydrogen-bond donors (Lipinski definition) is 1. The Bertz CT molecular complexity index is 289. The van der Waals surface area contributed by atoms with E-state index in [4.69, 9.17) is 0 Å². The van der Waals surface area contributed by atoms with E-state index >= 15 is 0 Å². The Morgan fingerprint density at radius 3 is 2.56 bits per heavy atom. The molecule has 16 heavy (non-hydrogen) atoms. The first-order valence-electron chi connectivity index (χ1n) is 6.27. The van der Waals surface area contributed by atoms with Crippen LogP contribution in [0.5, 0.6) is 0 Å². The minimum Gasteiger partial charge on any atom is -0.310 e. The van der Waals surface area contributed by atoms with Crippen molar-refractivity contribution in [3.63, 3.8) is 0 Å². The average Bonchev–Trinajstić information content (AvgIpc) is 3.09. The van der Waals surface area contributed by atoms with Crippen LogP contribution in [0.15, 0.2) is 12.4 Å². The number of nitrogens with zero attached hydrogens (tertiary/aromatic N) is 2. The molecule has 2 rings (SSSR count). The van der Waals surface area contributed by atoms with Crippen LogP contribution < -0.4 is 5.32 Å². The van der Waals surface area contributed by atoms with Gasteiger partial charge in [-0.15, -0.1) is 0 Å². The van der Waals surface area contributed by atoms with Crippen LogP contribution in [0.3, 0.4) is 0 Å². The molecular formula is C13H21N3. The second-order valence-corrected chi connectivity index (χ2v) is 5.10. The first-order valence-corrected chi connectivity index (χ1v) is 6.27. The third-order valence-corrected chi connectivity index (χ3v) is 2.88. The standard InChI is InChI=1S/C13H21N3/c1-10(2)3-6-13-15-8-11(9-16-13)7-14-12-4-5-12/h8-10,12,14H,3-7H2,1-2H3. The molecule has 3 nitrogen and oxygen atoms in total. The van der Waals surface area contributed by atoms with E-state index in [0.29, 0.717) is 0 Å². The second kappa shape index (κ2) is 5.39. The molecule has 0 saturated heterocycles. The molecule has 1 aromatic heterocycles. The lowest BCUT2D eigenvalue weighted by molar-refractivity contribution is 0.573. The average molecular weight is 219 g/mol. The summed E-state index contributed by atoms with van der Waals surface area (Å²) in [6.07, 6.45) is 8.73. The van der Waals surface area contributed by atoms with Crippen molar-refractivity contribution >= 4 is 0 Å². The summed E-state index contributed by atoms with van der Waals surface area (Å²) in [5.41, 5.74) is 1.19. The van der Waals surface area contributed by atoms with E-state index in [1.165, 1.54) is 24.8 Å². The van der Waals surface area contributed by atoms with Gasteiger partial charge in [-0.3, -0.25) is 0 Å². The zero-order valence-corrected chi connectivity index (χ0v) is 10.2. The van der Waals surface area contributed by atoms with Gasteiger partial charge in [-0.1, -0.05) is 13.8 Å². The number of aryl methyl sites for hydroxylation is 1. The Labute approximate surface area is 97.7 Å². The van der Waals surface area contributed by atoms with Gasteiger partial charge in [0.25, 0.3) is 0 Å². The van der Waals surface area contributed by atoms with Gasteiger partial charge in [0.05, 0.1) is 0 Å². The van der Waals surface area contributed by atoms with Crippen molar-refractivity contribution < 1.29 is 0 Å². The van der Waals surface area contributed by atoms with Crippen molar-refractivity contribution in [3.8, 4) is 0 Å². The molecule has 1 aliphatic carbocycles. The lowest BCUT2D eigenvalue weighted by Gasteiger charge is -2.05. The van der Waals surface area contributed by atoms with Crippen molar-refractivity contribution in [1.82, 2.24) is 15.3 Å². The smallest absolute Gasteiger partial charge is 0.128 e. The van der Waals surface area contributed by atoms with E-state index in [1.807, 2.05) is 12.4 Å². The van der Waals surface area contributed by atoms with Gasteiger partial charge in [-0.2, -0.15) is 0 Å². The van der Waals surface area contributed by atoms with E-state index in [0.717, 1.165) is 30.7 Å². The van der Waals surface area contributed by atoms with E-state index < -0.39 is 0 Å². The van der Waals surface area contributed by atoms with Gasteiger partial charge < -0.3 is 5.32 Å². The van der Waals surface area contributed by atoms with Crippen LogP contribution in [-0.4, -0.2) is 16.0 Å². The summed E-state index contributed by atoms with van der Waals surface area (Å²) in [5, 5.41) is 3.46. The molecule has 1 fully saturated rings. The van der Waals surface area contributed by atoms with Gasteiger partial charge in [-0.25, -0.2) is 9.97 Å². The van der Waals surface area contributed by atoms with Crippen molar-refractivity contribution in [2.75, 3.05) is 0 Å². The quantitative estimate of drug-likeness (QED) is 0.798. The summed E-state index contributed by atoms with van der Waals surface area (Å²) in [7, 11) is 0. The van der Waals surface area contributed by atoms with Crippen LogP contribution in [0.4, 0.5) is 0 Å². The molecule has 0 amide bonds. The highest BCUT2D eigenvalue weighted by Gasteiger charge is 2.19. The number of aromatic nitrogens is 2. The molecule has 88 valence electrons. The van der Waals surface area contributed by atoms with Crippen molar-refractivity contribution in [2.24, 2.45) is 5.92 Å². The zero-order valence-electron chi connectivity index (χ0n) is 10.2. The Kier molecular flexibility index (Phi) is 3.88. The molecular weight excluding hydrogens is 198 g/mol. The van der Waals surface area contributed by atoms with Crippen LogP contribution in [-0.2, 0) is 13.0 Å². The van der Waals surface area contributed by atoms with Gasteiger partial charge in [0.2, 0.25) is 0 Å². The lowest BCUT2D eigenvalue weighted by atomic mass is 10.1. The predicted octanol–water partition coefficient (Wildman–Crippen LogP) is 2.32. The molecule has 0 unspecified atom stereocenters. The van der Waals surface area contributed by atoms with Crippen LogP contribution in [0.2, 0.25) is 0 Å². The molecule has 0 radical (unpaired) electrons. The van der Waals surface area contributed by atoms with Crippen LogP contribution >= 0.6 is 0 Å². The van der Waals surface area contributed by atoms with Crippen molar-refractivity contribution in [1.29, 1.82) is 0 Å². The van der Waals surface area contributed by atoms with Gasteiger partial charge in [0.1, 0.15) is 5.82 Å². The monoisotopic (exact) mass is 219 g/mol. The maximum absolute atomic E-state index is 4.40. The first-order chi connectivity index (χ1) is 7.74. The van der Waals surface area contributed by atoms with Crippen LogP contribution in [0.25, 0.3) is 0 Å². The summed E-state index contributed by atoms with van der Waals surface area (Å²) in [4.78, 5) is 8.80. The highest BCUT2D eigenvalue weighted by atomic mass is 15.0. The van der Waals surface area contributed by atoms with E-state index in [1.54, 1.807) is 0 Å². The Hall–Kier alpha value is -0.960. The summed E-state index contributed by atoms with van der Waals surface area (Å²) < 4.78 is 0. The fraction of sp³-hybridized carbons (Fsp3) is 0.692. The maximum atomic E-state index is 4.40. The Morgan fingerprint density at radius 1 is 1.31 bits per heavy atom. The second-order valence-electron chi connectivity index (χ2n) is 5.10. The zero-order chi connectivity index (χ0) is 11.4. The Balaban J connectivity index is 1.78. The number of nitrogens with one attached hydrogen (secondary N) is 1. The molecule has 0 aromatic carbocycles. The predicted molar refractivity (Wildman–Crippen MR) is 65.1 cm³/mol. The molecule has 0 atom stereocenters. The van der Waals surface area contributed by atoms with Crippen molar-refractivity contribution in [3.05, 3.63) is 23.8 Å². The fourth-order valence-corrected chi connectivity index (χ4v) is 1.57. The Morgan fingerprint density at radius 2 is 2.00 bits per heavy atom. The molecule has 1 saturated carbocycles. The minimum atomic E-state index is 0.722. The third-order valence-electron chi connectivity index (χ3n) is 2.88. The molecule has 0 bridgehead atoms. The summed E-state index contributed by atoms with van der Waals surface area (Å²) in [5.74, 6) is 1.70. The first kappa shape index (κ1) is 11.5. The summed E-state index contributed by atoms with van der Waals surface area (Å²) in [6.45, 7) is 5.37. The van der Waals surface area contributed by atoms with Gasteiger partial charge in [0, 0.05) is 37.0 Å². The molecule has 1 N–H and O–H groups in total. The molecule has 1 aliphatic rings. The highest BCUT2D eigenvalue weighted by molar-refractivity contribution is 5.05. The van der Waals surface area contributed by atoms with Gasteiger partial charge in [0.15, 0.2) is 0 Å². The van der Waals surface area contributed by atoms with Crippen molar-refractivity contribution in [2.45, 2.75) is 52.1 Å². The number of hydrogen-bond acceptors (Lipinski definition) is 3. The maximum Gasteiger partial charge on any atom is 0.128 e. The molecule has 1 aromatic rings. The lowest BCUT2D eigenvalue weighted by Crippen LogP contribution is -2.15. The van der Waals surface area contributed by atoms with Gasteiger partial charge in [-0.05, 0) is 25.2 Å². The van der Waals surface area contributed by atoms with Crippen LogP contribution in [0.1, 0.15) is 44.5 Å². The van der Waals surface area contributed by atoms with E-state index in [2.05, 4.69) is 29.1 Å². The third kappa shape index (κ3) is 3.89. The molecule has 0 aliphatic heterocycles. The van der Waals surface area contributed by atoms with E-state index in [-0.39, 0.29) is 0 Å². The van der Waals surface area contributed by atoms with Crippen LogP contribution in [0, 0.1) is 5.92 Å².